The maximum Gasteiger partial charge on any atom is 0.147 e. The highest BCUT2D eigenvalue weighted by atomic mass is 79.9. The number of nitrogens with one attached hydrogen (secondary N) is 1. The molecule has 2 aromatic rings. The molecule has 1 aromatic heterocycles. The second-order valence-electron chi connectivity index (χ2n) is 3.49. The molecule has 3 N–H and O–H groups in total. The summed E-state index contributed by atoms with van der Waals surface area (Å²) in [6, 6.07) is 3.19. The van der Waals surface area contributed by atoms with Crippen LogP contribution in [0.5, 0.6) is 0 Å². The van der Waals surface area contributed by atoms with Crippen molar-refractivity contribution >= 4 is 26.8 Å². The van der Waals surface area contributed by atoms with Crippen LogP contribution < -0.4 is 5.73 Å². The molecule has 15 heavy (non-hydrogen) atoms. The molecule has 0 saturated heterocycles. The second kappa shape index (κ2) is 4.33. The van der Waals surface area contributed by atoms with Crippen LogP contribution in [-0.4, -0.2) is 11.5 Å². The van der Waals surface area contributed by atoms with Gasteiger partial charge in [-0.2, -0.15) is 0 Å². The Morgan fingerprint density at radius 1 is 1.40 bits per heavy atom. The minimum Gasteiger partial charge on any atom is -0.358 e. The number of H-pyrrole nitrogens is 1. The van der Waals surface area contributed by atoms with Gasteiger partial charge in [-0.1, -0.05) is 15.9 Å². The van der Waals surface area contributed by atoms with E-state index >= 15 is 0 Å². The van der Waals surface area contributed by atoms with Gasteiger partial charge in [-0.05, 0) is 37.1 Å². The minimum atomic E-state index is -0.216. The number of benzene rings is 1. The summed E-state index contributed by atoms with van der Waals surface area (Å²) in [5.74, 6) is -0.216. The van der Waals surface area contributed by atoms with Gasteiger partial charge in [0.2, 0.25) is 0 Å². The fourth-order valence-electron chi connectivity index (χ4n) is 1.73. The van der Waals surface area contributed by atoms with Crippen LogP contribution in [0.2, 0.25) is 0 Å². The number of aromatic nitrogens is 1. The number of aromatic amines is 1. The normalized spacial score (nSPS) is 11.1. The molecule has 0 aliphatic carbocycles. The monoisotopic (exact) mass is 270 g/mol. The Hall–Kier alpha value is -0.870. The molecule has 0 radical (unpaired) electrons. The molecule has 1 heterocycles. The Morgan fingerprint density at radius 3 is 2.93 bits per heavy atom. The number of nitrogens with two attached hydrogens (primary N) is 1. The highest BCUT2D eigenvalue weighted by Crippen LogP contribution is 2.29. The van der Waals surface area contributed by atoms with Gasteiger partial charge in [0.1, 0.15) is 5.82 Å². The zero-order valence-corrected chi connectivity index (χ0v) is 9.77. The summed E-state index contributed by atoms with van der Waals surface area (Å²) in [6.45, 7) is 0.652. The van der Waals surface area contributed by atoms with Crippen LogP contribution in [0.1, 0.15) is 12.0 Å². The van der Waals surface area contributed by atoms with Crippen molar-refractivity contribution in [2.24, 2.45) is 5.73 Å². The zero-order chi connectivity index (χ0) is 10.8. The Morgan fingerprint density at radius 2 is 2.20 bits per heavy atom. The summed E-state index contributed by atoms with van der Waals surface area (Å²) in [7, 11) is 0. The van der Waals surface area contributed by atoms with E-state index in [9.17, 15) is 4.39 Å². The van der Waals surface area contributed by atoms with E-state index in [1.54, 1.807) is 6.07 Å². The standard InChI is InChI=1S/C11H12BrFN2/c12-8-3-4-9(13)11-10(8)7(6-15-11)2-1-5-14/h3-4,6,15H,1-2,5,14H2. The Kier molecular flexibility index (Phi) is 3.07. The van der Waals surface area contributed by atoms with Crippen LogP contribution in [0.25, 0.3) is 10.9 Å². The average Bonchev–Trinajstić information content (AvgIpc) is 2.65. The lowest BCUT2D eigenvalue weighted by atomic mass is 10.1. The van der Waals surface area contributed by atoms with Crippen molar-refractivity contribution in [1.82, 2.24) is 4.98 Å². The molecule has 4 heteroatoms. The Balaban J connectivity index is 2.53. The van der Waals surface area contributed by atoms with Gasteiger partial charge < -0.3 is 10.7 Å². The largest absolute Gasteiger partial charge is 0.358 e. The summed E-state index contributed by atoms with van der Waals surface area (Å²) in [6.07, 6.45) is 3.64. The summed E-state index contributed by atoms with van der Waals surface area (Å²) in [5.41, 5.74) is 7.14. The molecular formula is C11H12BrFN2. The van der Waals surface area contributed by atoms with Gasteiger partial charge in [-0.15, -0.1) is 0 Å². The lowest BCUT2D eigenvalue weighted by molar-refractivity contribution is 0.637. The molecule has 0 aliphatic rings. The van der Waals surface area contributed by atoms with E-state index in [0.29, 0.717) is 12.1 Å². The smallest absolute Gasteiger partial charge is 0.147 e. The van der Waals surface area contributed by atoms with Crippen LogP contribution >= 0.6 is 15.9 Å². The van der Waals surface area contributed by atoms with Crippen LogP contribution in [0.3, 0.4) is 0 Å². The lowest BCUT2D eigenvalue weighted by Crippen LogP contribution is -1.99. The molecule has 1 aromatic carbocycles. The molecule has 0 bridgehead atoms. The van der Waals surface area contributed by atoms with Gasteiger partial charge in [-0.3, -0.25) is 0 Å². The second-order valence-corrected chi connectivity index (χ2v) is 4.34. The predicted octanol–water partition coefficient (Wildman–Crippen LogP) is 2.96. The number of aryl methyl sites for hydroxylation is 1. The van der Waals surface area contributed by atoms with E-state index in [1.165, 1.54) is 6.07 Å². The van der Waals surface area contributed by atoms with Gasteiger partial charge in [-0.25, -0.2) is 4.39 Å². The van der Waals surface area contributed by atoms with Gasteiger partial charge in [0.25, 0.3) is 0 Å². The topological polar surface area (TPSA) is 41.8 Å². The molecule has 0 spiro atoms. The van der Waals surface area contributed by atoms with Gasteiger partial charge in [0.15, 0.2) is 0 Å². The molecule has 0 fully saturated rings. The van der Waals surface area contributed by atoms with Gasteiger partial charge >= 0.3 is 0 Å². The summed E-state index contributed by atoms with van der Waals surface area (Å²) in [5, 5.41) is 0.934. The molecule has 0 atom stereocenters. The van der Waals surface area contributed by atoms with Crippen molar-refractivity contribution in [2.75, 3.05) is 6.54 Å². The third-order valence-electron chi connectivity index (χ3n) is 2.47. The molecule has 2 rings (SSSR count). The van der Waals surface area contributed by atoms with E-state index in [-0.39, 0.29) is 5.82 Å². The van der Waals surface area contributed by atoms with Crippen molar-refractivity contribution in [3.05, 3.63) is 34.2 Å². The van der Waals surface area contributed by atoms with Crippen molar-refractivity contribution in [2.45, 2.75) is 12.8 Å². The molecular weight excluding hydrogens is 259 g/mol. The maximum atomic E-state index is 13.4. The summed E-state index contributed by atoms with van der Waals surface area (Å²) >= 11 is 3.44. The Bertz CT molecular complexity index is 479. The number of rotatable bonds is 3. The molecule has 0 amide bonds. The van der Waals surface area contributed by atoms with Crippen molar-refractivity contribution in [1.29, 1.82) is 0 Å². The molecule has 0 saturated carbocycles. The Labute approximate surface area is 95.8 Å². The number of fused-ring (bicyclic) bond motifs is 1. The fraction of sp³-hybridized carbons (Fsp3) is 0.273. The van der Waals surface area contributed by atoms with E-state index in [4.69, 9.17) is 5.73 Å². The van der Waals surface area contributed by atoms with E-state index in [1.807, 2.05) is 6.20 Å². The van der Waals surface area contributed by atoms with Crippen LogP contribution in [-0.2, 0) is 6.42 Å². The fourth-order valence-corrected chi connectivity index (χ4v) is 2.31. The molecule has 2 nitrogen and oxygen atoms in total. The zero-order valence-electron chi connectivity index (χ0n) is 8.19. The van der Waals surface area contributed by atoms with E-state index in [2.05, 4.69) is 20.9 Å². The first-order valence-electron chi connectivity index (χ1n) is 4.88. The maximum absolute atomic E-state index is 13.4. The van der Waals surface area contributed by atoms with Crippen molar-refractivity contribution < 1.29 is 4.39 Å². The number of halogens is 2. The van der Waals surface area contributed by atoms with Crippen LogP contribution in [0.4, 0.5) is 4.39 Å². The van der Waals surface area contributed by atoms with Crippen molar-refractivity contribution in [3.63, 3.8) is 0 Å². The highest BCUT2D eigenvalue weighted by molar-refractivity contribution is 9.10. The predicted molar refractivity (Wildman–Crippen MR) is 63.3 cm³/mol. The van der Waals surface area contributed by atoms with Crippen LogP contribution in [0.15, 0.2) is 22.8 Å². The minimum absolute atomic E-state index is 0.216. The quantitative estimate of drug-likeness (QED) is 0.885. The SMILES string of the molecule is NCCCc1c[nH]c2c(F)ccc(Br)c12. The van der Waals surface area contributed by atoms with Gasteiger partial charge in [0.05, 0.1) is 5.52 Å². The molecule has 0 aliphatic heterocycles. The summed E-state index contributed by atoms with van der Waals surface area (Å²) < 4.78 is 14.3. The summed E-state index contributed by atoms with van der Waals surface area (Å²) in [4.78, 5) is 2.96. The molecule has 80 valence electrons. The average molecular weight is 271 g/mol. The van der Waals surface area contributed by atoms with Gasteiger partial charge in [0, 0.05) is 16.1 Å². The lowest BCUT2D eigenvalue weighted by Gasteiger charge is -2.00. The van der Waals surface area contributed by atoms with Crippen molar-refractivity contribution in [3.8, 4) is 0 Å². The third kappa shape index (κ3) is 1.92. The number of hydrogen-bond acceptors (Lipinski definition) is 1. The number of hydrogen-bond donors (Lipinski definition) is 2. The molecule has 0 unspecified atom stereocenters. The van der Waals surface area contributed by atoms with Crippen LogP contribution in [0, 0.1) is 5.82 Å². The highest BCUT2D eigenvalue weighted by Gasteiger charge is 2.10. The first kappa shape index (κ1) is 10.6. The first-order chi connectivity index (χ1) is 7.24. The van der Waals surface area contributed by atoms with E-state index < -0.39 is 0 Å². The van der Waals surface area contributed by atoms with E-state index in [0.717, 1.165) is 28.3 Å². The third-order valence-corrected chi connectivity index (χ3v) is 3.13. The first-order valence-corrected chi connectivity index (χ1v) is 5.67.